The third-order valence-electron chi connectivity index (χ3n) is 2.03. The van der Waals surface area contributed by atoms with E-state index in [4.69, 9.17) is 5.26 Å². The molecule has 0 radical (unpaired) electrons. The van der Waals surface area contributed by atoms with Gasteiger partial charge >= 0.3 is 0 Å². The first-order valence-corrected chi connectivity index (χ1v) is 5.47. The fourth-order valence-corrected chi connectivity index (χ4v) is 1.36. The molecule has 0 bridgehead atoms. The van der Waals surface area contributed by atoms with Crippen LogP contribution in [0.1, 0.15) is 26.2 Å². The Labute approximate surface area is 83.7 Å². The third-order valence-corrected chi connectivity index (χ3v) is 2.59. The first-order valence-electron chi connectivity index (χ1n) is 4.35. The summed E-state index contributed by atoms with van der Waals surface area (Å²) in [5.41, 5.74) is 0. The van der Waals surface area contributed by atoms with Gasteiger partial charge in [-0.3, -0.25) is 0 Å². The van der Waals surface area contributed by atoms with Crippen molar-refractivity contribution in [1.29, 1.82) is 5.26 Å². The molecular weight excluding hydrogens is 216 g/mol. The molecule has 3 heteroatoms. The number of alkyl halides is 1. The van der Waals surface area contributed by atoms with Crippen molar-refractivity contribution in [2.45, 2.75) is 32.2 Å². The largest absolute Gasteiger partial charge is 0.303 e. The molecule has 0 fully saturated rings. The first kappa shape index (κ1) is 11.9. The van der Waals surface area contributed by atoms with Crippen LogP contribution in [0.5, 0.6) is 0 Å². The van der Waals surface area contributed by atoms with Crippen LogP contribution in [0.15, 0.2) is 0 Å². The molecule has 0 heterocycles. The predicted molar refractivity (Wildman–Crippen MR) is 55.4 cm³/mol. The fourth-order valence-electron chi connectivity index (χ4n) is 0.964. The van der Waals surface area contributed by atoms with Gasteiger partial charge in [-0.1, -0.05) is 15.9 Å². The lowest BCUT2D eigenvalue weighted by Crippen LogP contribution is -2.29. The van der Waals surface area contributed by atoms with Crippen LogP contribution < -0.4 is 0 Å². The lowest BCUT2D eigenvalue weighted by atomic mass is 10.2. The Bertz CT molecular complexity index is 142. The van der Waals surface area contributed by atoms with Gasteiger partial charge in [0.05, 0.1) is 12.5 Å². The molecule has 0 aromatic heterocycles. The van der Waals surface area contributed by atoms with Crippen LogP contribution in [0.25, 0.3) is 0 Å². The normalized spacial score (nSPS) is 12.9. The highest BCUT2D eigenvalue weighted by Crippen LogP contribution is 2.02. The van der Waals surface area contributed by atoms with Gasteiger partial charge < -0.3 is 4.90 Å². The lowest BCUT2D eigenvalue weighted by molar-refractivity contribution is 0.257. The first-order chi connectivity index (χ1) is 5.72. The van der Waals surface area contributed by atoms with Crippen molar-refractivity contribution in [3.63, 3.8) is 0 Å². The summed E-state index contributed by atoms with van der Waals surface area (Å²) in [7, 11) is 2.08. The van der Waals surface area contributed by atoms with E-state index in [1.165, 1.54) is 12.8 Å². The van der Waals surface area contributed by atoms with Crippen LogP contribution in [-0.4, -0.2) is 29.9 Å². The summed E-state index contributed by atoms with van der Waals surface area (Å²) in [6.07, 6.45) is 3.05. The van der Waals surface area contributed by atoms with E-state index in [9.17, 15) is 0 Å². The fraction of sp³-hybridized carbons (Fsp3) is 0.889. The minimum absolute atomic E-state index is 0.394. The Kier molecular flexibility index (Phi) is 7.53. The molecule has 1 unspecified atom stereocenters. The van der Waals surface area contributed by atoms with Crippen LogP contribution in [0.4, 0.5) is 0 Å². The van der Waals surface area contributed by atoms with Crippen LogP contribution in [-0.2, 0) is 0 Å². The van der Waals surface area contributed by atoms with E-state index in [1.54, 1.807) is 0 Å². The van der Waals surface area contributed by atoms with Gasteiger partial charge in [0.2, 0.25) is 0 Å². The van der Waals surface area contributed by atoms with Crippen LogP contribution in [0.2, 0.25) is 0 Å². The van der Waals surface area contributed by atoms with Crippen molar-refractivity contribution in [1.82, 2.24) is 4.90 Å². The van der Waals surface area contributed by atoms with Gasteiger partial charge in [-0.2, -0.15) is 5.26 Å². The maximum atomic E-state index is 8.47. The number of nitrogens with zero attached hydrogens (tertiary/aromatic N) is 2. The van der Waals surface area contributed by atoms with E-state index < -0.39 is 0 Å². The van der Waals surface area contributed by atoms with E-state index in [2.05, 4.69) is 40.9 Å². The van der Waals surface area contributed by atoms with Gasteiger partial charge in [-0.25, -0.2) is 0 Å². The number of halogens is 1. The number of hydrogen-bond acceptors (Lipinski definition) is 2. The number of unbranched alkanes of at least 4 members (excludes halogenated alkanes) is 1. The van der Waals surface area contributed by atoms with Crippen molar-refractivity contribution in [2.75, 3.05) is 18.9 Å². The van der Waals surface area contributed by atoms with Gasteiger partial charge in [-0.15, -0.1) is 0 Å². The zero-order valence-electron chi connectivity index (χ0n) is 7.89. The smallest absolute Gasteiger partial charge is 0.0638 e. The highest BCUT2D eigenvalue weighted by molar-refractivity contribution is 9.09. The Morgan fingerprint density at radius 1 is 1.50 bits per heavy atom. The van der Waals surface area contributed by atoms with E-state index in [0.29, 0.717) is 12.5 Å². The van der Waals surface area contributed by atoms with Crippen LogP contribution in [0.3, 0.4) is 0 Å². The molecule has 70 valence electrons. The minimum atomic E-state index is 0.394. The van der Waals surface area contributed by atoms with E-state index in [0.717, 1.165) is 11.9 Å². The average molecular weight is 233 g/mol. The molecule has 0 aliphatic heterocycles. The summed E-state index contributed by atoms with van der Waals surface area (Å²) in [5, 5.41) is 9.55. The highest BCUT2D eigenvalue weighted by Gasteiger charge is 2.06. The molecule has 0 spiro atoms. The highest BCUT2D eigenvalue weighted by atomic mass is 79.9. The second-order valence-electron chi connectivity index (χ2n) is 3.09. The van der Waals surface area contributed by atoms with Crippen molar-refractivity contribution in [2.24, 2.45) is 0 Å². The molecule has 2 nitrogen and oxygen atoms in total. The zero-order valence-corrected chi connectivity index (χ0v) is 9.47. The molecule has 0 amide bonds. The summed E-state index contributed by atoms with van der Waals surface area (Å²) in [6.45, 7) is 3.19. The monoisotopic (exact) mass is 232 g/mol. The SMILES string of the molecule is CC(CC#N)N(C)CCCCBr. The standard InChI is InChI=1S/C9H17BrN2/c1-9(5-7-11)12(2)8-4-3-6-10/h9H,3-6,8H2,1-2H3. The van der Waals surface area contributed by atoms with Gasteiger partial charge in [0.1, 0.15) is 0 Å². The number of nitriles is 1. The molecular formula is C9H17BrN2. The molecule has 0 aromatic carbocycles. The van der Waals surface area contributed by atoms with Crippen molar-refractivity contribution in [3.05, 3.63) is 0 Å². The predicted octanol–water partition coefficient (Wildman–Crippen LogP) is 2.40. The van der Waals surface area contributed by atoms with E-state index >= 15 is 0 Å². The summed E-state index contributed by atoms with van der Waals surface area (Å²) < 4.78 is 0. The van der Waals surface area contributed by atoms with Gasteiger partial charge in [0, 0.05) is 11.4 Å². The molecule has 0 aliphatic rings. The summed E-state index contributed by atoms with van der Waals surface area (Å²) >= 11 is 3.40. The maximum Gasteiger partial charge on any atom is 0.0638 e. The topological polar surface area (TPSA) is 27.0 Å². The Morgan fingerprint density at radius 2 is 2.17 bits per heavy atom. The van der Waals surface area contributed by atoms with Crippen molar-refractivity contribution in [3.8, 4) is 6.07 Å². The van der Waals surface area contributed by atoms with Crippen LogP contribution >= 0.6 is 15.9 Å². The minimum Gasteiger partial charge on any atom is -0.303 e. The third kappa shape index (κ3) is 5.56. The van der Waals surface area contributed by atoms with Gasteiger partial charge in [0.15, 0.2) is 0 Å². The summed E-state index contributed by atoms with van der Waals surface area (Å²) in [6, 6.07) is 2.58. The molecule has 0 saturated heterocycles. The van der Waals surface area contributed by atoms with Crippen molar-refractivity contribution < 1.29 is 0 Å². The average Bonchev–Trinajstić information content (AvgIpc) is 2.05. The van der Waals surface area contributed by atoms with E-state index in [-0.39, 0.29) is 0 Å². The molecule has 1 atom stereocenters. The van der Waals surface area contributed by atoms with Gasteiger partial charge in [0.25, 0.3) is 0 Å². The molecule has 12 heavy (non-hydrogen) atoms. The second kappa shape index (κ2) is 7.57. The molecule has 0 aromatic rings. The maximum absolute atomic E-state index is 8.47. The van der Waals surface area contributed by atoms with Crippen LogP contribution in [0, 0.1) is 11.3 Å². The summed E-state index contributed by atoms with van der Waals surface area (Å²) in [5.74, 6) is 0. The van der Waals surface area contributed by atoms with Gasteiger partial charge in [-0.05, 0) is 33.4 Å². The second-order valence-corrected chi connectivity index (χ2v) is 3.88. The molecule has 0 aliphatic carbocycles. The lowest BCUT2D eigenvalue weighted by Gasteiger charge is -2.21. The Hall–Kier alpha value is -0.0700. The Balaban J connectivity index is 3.43. The molecule has 0 rings (SSSR count). The number of hydrogen-bond donors (Lipinski definition) is 0. The molecule has 0 saturated carbocycles. The number of rotatable bonds is 6. The zero-order chi connectivity index (χ0) is 9.40. The van der Waals surface area contributed by atoms with Crippen molar-refractivity contribution >= 4 is 15.9 Å². The molecule has 0 N–H and O–H groups in total. The summed E-state index contributed by atoms with van der Waals surface area (Å²) in [4.78, 5) is 2.24. The van der Waals surface area contributed by atoms with E-state index in [1.807, 2.05) is 0 Å². The quantitative estimate of drug-likeness (QED) is 0.520. The Morgan fingerprint density at radius 3 is 2.67 bits per heavy atom.